The predicted molar refractivity (Wildman–Crippen MR) is 170 cm³/mol. The fourth-order valence-corrected chi connectivity index (χ4v) is 6.01. The van der Waals surface area contributed by atoms with E-state index in [4.69, 9.17) is 8.83 Å². The van der Waals surface area contributed by atoms with Gasteiger partial charge in [0.2, 0.25) is 0 Å². The van der Waals surface area contributed by atoms with Crippen LogP contribution in [0.2, 0.25) is 0 Å². The molecule has 2 aromatic heterocycles. The summed E-state index contributed by atoms with van der Waals surface area (Å²) in [5, 5.41) is 0. The quantitative estimate of drug-likeness (QED) is 0.0982. The Bertz CT molecular complexity index is 725. The van der Waals surface area contributed by atoms with Gasteiger partial charge in [0, 0.05) is 24.7 Å². The third kappa shape index (κ3) is 17.8. The molecule has 0 saturated carbocycles. The SMILES string of the molecule is CC(CCCCCCCCCCCCc1ccco1)C(=O)C(C)CCCCCCCCCCCCc1ccco1. The summed E-state index contributed by atoms with van der Waals surface area (Å²) in [5.74, 6) is 3.26. The molecule has 0 aliphatic rings. The van der Waals surface area contributed by atoms with Crippen molar-refractivity contribution in [1.29, 1.82) is 0 Å². The lowest BCUT2D eigenvalue weighted by Crippen LogP contribution is -2.19. The van der Waals surface area contributed by atoms with Gasteiger partial charge in [0.05, 0.1) is 12.5 Å². The van der Waals surface area contributed by atoms with Crippen molar-refractivity contribution in [1.82, 2.24) is 0 Å². The molecule has 0 fully saturated rings. The number of ketones is 1. The molecular weight excluding hydrogens is 492 g/mol. The van der Waals surface area contributed by atoms with Gasteiger partial charge < -0.3 is 8.83 Å². The highest BCUT2D eigenvalue weighted by Crippen LogP contribution is 2.21. The Morgan fingerprint density at radius 3 is 1.10 bits per heavy atom. The Balaban J connectivity index is 1.28. The summed E-state index contributed by atoms with van der Waals surface area (Å²) < 4.78 is 10.8. The van der Waals surface area contributed by atoms with Gasteiger partial charge in [0.1, 0.15) is 17.3 Å². The monoisotopic (exact) mass is 554 g/mol. The summed E-state index contributed by atoms with van der Waals surface area (Å²) in [6, 6.07) is 8.12. The van der Waals surface area contributed by atoms with E-state index in [1.807, 2.05) is 12.1 Å². The molecule has 2 atom stereocenters. The van der Waals surface area contributed by atoms with E-state index in [9.17, 15) is 4.79 Å². The maximum Gasteiger partial charge on any atom is 0.138 e. The van der Waals surface area contributed by atoms with Crippen LogP contribution in [0.4, 0.5) is 0 Å². The minimum atomic E-state index is 0.246. The van der Waals surface area contributed by atoms with E-state index in [0.717, 1.165) is 37.2 Å². The van der Waals surface area contributed by atoms with Gasteiger partial charge in [-0.25, -0.2) is 0 Å². The van der Waals surface area contributed by atoms with E-state index in [1.165, 1.54) is 128 Å². The first-order valence-electron chi connectivity index (χ1n) is 17.3. The van der Waals surface area contributed by atoms with Gasteiger partial charge in [0.25, 0.3) is 0 Å². The second kappa shape index (κ2) is 23.9. The number of carbonyl (C=O) groups excluding carboxylic acids is 1. The van der Waals surface area contributed by atoms with Crippen molar-refractivity contribution in [3.8, 4) is 0 Å². The van der Waals surface area contributed by atoms with E-state index in [2.05, 4.69) is 26.0 Å². The summed E-state index contributed by atoms with van der Waals surface area (Å²) in [5.41, 5.74) is 0. The molecular formula is C37H62O3. The second-order valence-electron chi connectivity index (χ2n) is 12.5. The number of aryl methyl sites for hydroxylation is 2. The smallest absolute Gasteiger partial charge is 0.138 e. The molecule has 0 bridgehead atoms. The van der Waals surface area contributed by atoms with Crippen LogP contribution < -0.4 is 0 Å². The topological polar surface area (TPSA) is 43.4 Å². The van der Waals surface area contributed by atoms with Crippen LogP contribution in [0.25, 0.3) is 0 Å². The van der Waals surface area contributed by atoms with Gasteiger partial charge in [-0.15, -0.1) is 0 Å². The lowest BCUT2D eigenvalue weighted by molar-refractivity contribution is -0.126. The van der Waals surface area contributed by atoms with E-state index in [1.54, 1.807) is 12.5 Å². The highest BCUT2D eigenvalue weighted by Gasteiger charge is 2.19. The number of Topliss-reactive ketones (excluding diaryl/α,β-unsaturated/α-hetero) is 1. The zero-order chi connectivity index (χ0) is 28.5. The van der Waals surface area contributed by atoms with Crippen LogP contribution in [0, 0.1) is 11.8 Å². The molecule has 0 radical (unpaired) electrons. The number of unbranched alkanes of at least 4 members (excludes halogenated alkanes) is 18. The van der Waals surface area contributed by atoms with Crippen molar-refractivity contribution in [3.05, 3.63) is 48.3 Å². The van der Waals surface area contributed by atoms with Crippen molar-refractivity contribution in [2.75, 3.05) is 0 Å². The zero-order valence-electron chi connectivity index (χ0n) is 26.3. The van der Waals surface area contributed by atoms with Crippen LogP contribution in [-0.2, 0) is 17.6 Å². The first-order valence-corrected chi connectivity index (χ1v) is 17.3. The number of furan rings is 2. The highest BCUT2D eigenvalue weighted by atomic mass is 16.3. The molecule has 0 N–H and O–H groups in total. The van der Waals surface area contributed by atoms with Gasteiger partial charge in [-0.2, -0.15) is 0 Å². The lowest BCUT2D eigenvalue weighted by atomic mass is 9.88. The largest absolute Gasteiger partial charge is 0.469 e. The molecule has 0 aromatic carbocycles. The van der Waals surface area contributed by atoms with Crippen LogP contribution >= 0.6 is 0 Å². The number of carbonyl (C=O) groups is 1. The van der Waals surface area contributed by atoms with Crippen molar-refractivity contribution in [2.24, 2.45) is 11.8 Å². The molecule has 0 aliphatic carbocycles. The van der Waals surface area contributed by atoms with Gasteiger partial charge in [0.15, 0.2) is 0 Å². The maximum absolute atomic E-state index is 12.8. The molecule has 40 heavy (non-hydrogen) atoms. The van der Waals surface area contributed by atoms with Gasteiger partial charge in [-0.1, -0.05) is 129 Å². The van der Waals surface area contributed by atoms with Gasteiger partial charge >= 0.3 is 0 Å². The number of hydrogen-bond acceptors (Lipinski definition) is 3. The maximum atomic E-state index is 12.8. The average molecular weight is 555 g/mol. The van der Waals surface area contributed by atoms with E-state index < -0.39 is 0 Å². The third-order valence-electron chi connectivity index (χ3n) is 8.75. The average Bonchev–Trinajstić information content (AvgIpc) is 3.68. The van der Waals surface area contributed by atoms with Crippen molar-refractivity contribution in [3.63, 3.8) is 0 Å². The minimum absolute atomic E-state index is 0.246. The highest BCUT2D eigenvalue weighted by molar-refractivity contribution is 5.82. The molecule has 0 aliphatic heterocycles. The second-order valence-corrected chi connectivity index (χ2v) is 12.5. The van der Waals surface area contributed by atoms with E-state index in [-0.39, 0.29) is 11.8 Å². The van der Waals surface area contributed by atoms with Crippen LogP contribution in [0.5, 0.6) is 0 Å². The zero-order valence-corrected chi connectivity index (χ0v) is 26.3. The molecule has 0 spiro atoms. The summed E-state index contributed by atoms with van der Waals surface area (Å²) in [4.78, 5) is 12.8. The summed E-state index contributed by atoms with van der Waals surface area (Å²) in [7, 11) is 0. The molecule has 3 heteroatoms. The molecule has 2 unspecified atom stereocenters. The van der Waals surface area contributed by atoms with E-state index in [0.29, 0.717) is 5.78 Å². The Morgan fingerprint density at radius 2 is 0.800 bits per heavy atom. The molecule has 228 valence electrons. The summed E-state index contributed by atoms with van der Waals surface area (Å²) in [6.07, 6.45) is 34.4. The fourth-order valence-electron chi connectivity index (χ4n) is 6.01. The minimum Gasteiger partial charge on any atom is -0.469 e. The van der Waals surface area contributed by atoms with Gasteiger partial charge in [-0.05, 0) is 49.9 Å². The Labute approximate surface area is 247 Å². The van der Waals surface area contributed by atoms with Crippen LogP contribution in [0.1, 0.15) is 167 Å². The van der Waals surface area contributed by atoms with Crippen molar-refractivity contribution in [2.45, 2.75) is 168 Å². The number of rotatable bonds is 28. The third-order valence-corrected chi connectivity index (χ3v) is 8.75. The van der Waals surface area contributed by atoms with Gasteiger partial charge in [-0.3, -0.25) is 4.79 Å². The molecule has 2 heterocycles. The molecule has 3 nitrogen and oxygen atoms in total. The Morgan fingerprint density at radius 1 is 0.500 bits per heavy atom. The van der Waals surface area contributed by atoms with Crippen molar-refractivity contribution >= 4 is 5.78 Å². The molecule has 0 saturated heterocycles. The van der Waals surface area contributed by atoms with Crippen molar-refractivity contribution < 1.29 is 13.6 Å². The first kappa shape index (κ1) is 34.4. The summed E-state index contributed by atoms with van der Waals surface area (Å²) in [6.45, 7) is 4.34. The molecule has 2 rings (SSSR count). The predicted octanol–water partition coefficient (Wildman–Crippen LogP) is 12.1. The van der Waals surface area contributed by atoms with Crippen LogP contribution in [-0.4, -0.2) is 5.78 Å². The molecule has 2 aromatic rings. The Hall–Kier alpha value is -1.77. The number of hydrogen-bond donors (Lipinski definition) is 0. The Kier molecular flexibility index (Phi) is 20.6. The molecule has 0 amide bonds. The normalized spacial score (nSPS) is 13.1. The fraction of sp³-hybridized carbons (Fsp3) is 0.757. The summed E-state index contributed by atoms with van der Waals surface area (Å²) >= 11 is 0. The standard InChI is InChI=1S/C37H62O3/c1-33(25-19-15-11-7-3-5-9-13-17-21-27-35-29-23-31-39-35)37(38)34(2)26-20-16-12-8-4-6-10-14-18-22-28-36-30-24-32-40-36/h23-24,29-34H,3-22,25-28H2,1-2H3. The lowest BCUT2D eigenvalue weighted by Gasteiger charge is -2.16. The van der Waals surface area contributed by atoms with Crippen LogP contribution in [0.3, 0.4) is 0 Å². The van der Waals surface area contributed by atoms with E-state index >= 15 is 0 Å². The van der Waals surface area contributed by atoms with Crippen LogP contribution in [0.15, 0.2) is 45.6 Å². The first-order chi connectivity index (χ1) is 19.7.